The largest absolute Gasteiger partial charge is 0.387 e. The first-order chi connectivity index (χ1) is 9.27. The van der Waals surface area contributed by atoms with Crippen LogP contribution in [0.25, 0.3) is 0 Å². The lowest BCUT2D eigenvalue weighted by molar-refractivity contribution is -0.716. The predicted molar refractivity (Wildman–Crippen MR) is 70.4 cm³/mol. The number of benzene rings is 1. The minimum atomic E-state index is -0.420. The van der Waals surface area contributed by atoms with Crippen molar-refractivity contribution < 1.29 is 19.9 Å². The molecule has 1 saturated heterocycles. The van der Waals surface area contributed by atoms with Gasteiger partial charge >= 0.3 is 0 Å². The fraction of sp³-hybridized carbons (Fsp3) is 0.600. The van der Waals surface area contributed by atoms with Gasteiger partial charge in [-0.05, 0) is 6.42 Å². The van der Waals surface area contributed by atoms with E-state index in [0.29, 0.717) is 13.2 Å². The number of nitrogens with two attached hydrogens (primary N) is 1. The molecule has 1 saturated carbocycles. The maximum atomic E-state index is 10.1. The summed E-state index contributed by atoms with van der Waals surface area (Å²) >= 11 is 0. The maximum Gasteiger partial charge on any atom is 0.174 e. The number of rotatable bonds is 3. The van der Waals surface area contributed by atoms with Crippen LogP contribution in [-0.4, -0.2) is 36.3 Å². The van der Waals surface area contributed by atoms with E-state index in [1.165, 1.54) is 5.56 Å². The van der Waals surface area contributed by atoms with E-state index in [9.17, 15) is 5.11 Å². The summed E-state index contributed by atoms with van der Waals surface area (Å²) in [5.41, 5.74) is 1.28. The molecular weight excluding hydrogens is 242 g/mol. The normalized spacial score (nSPS) is 29.7. The Morgan fingerprint density at radius 1 is 1.21 bits per heavy atom. The van der Waals surface area contributed by atoms with E-state index in [4.69, 9.17) is 9.47 Å². The van der Waals surface area contributed by atoms with Crippen LogP contribution in [0.5, 0.6) is 0 Å². The Labute approximate surface area is 113 Å². The molecule has 4 heteroatoms. The van der Waals surface area contributed by atoms with Crippen LogP contribution in [0.15, 0.2) is 30.3 Å². The number of hydrogen-bond acceptors (Lipinski definition) is 3. The fourth-order valence-corrected chi connectivity index (χ4v) is 3.08. The van der Waals surface area contributed by atoms with E-state index in [1.807, 2.05) is 18.2 Å². The molecule has 1 heterocycles. The molecule has 4 nitrogen and oxygen atoms in total. The van der Waals surface area contributed by atoms with Crippen molar-refractivity contribution in [2.45, 2.75) is 43.7 Å². The van der Waals surface area contributed by atoms with Gasteiger partial charge in [-0.2, -0.15) is 0 Å². The van der Waals surface area contributed by atoms with Gasteiger partial charge in [-0.25, -0.2) is 0 Å². The van der Waals surface area contributed by atoms with Crippen LogP contribution in [0, 0.1) is 0 Å². The summed E-state index contributed by atoms with van der Waals surface area (Å²) in [6, 6.07) is 10.5. The van der Waals surface area contributed by atoms with E-state index in [-0.39, 0.29) is 12.1 Å². The van der Waals surface area contributed by atoms with E-state index in [2.05, 4.69) is 17.4 Å². The molecule has 1 aromatic rings. The van der Waals surface area contributed by atoms with Gasteiger partial charge in [0.15, 0.2) is 5.79 Å². The van der Waals surface area contributed by atoms with Gasteiger partial charge in [0.05, 0.1) is 19.6 Å². The molecule has 1 aromatic carbocycles. The van der Waals surface area contributed by atoms with Crippen LogP contribution < -0.4 is 5.32 Å². The number of ether oxygens (including phenoxy) is 2. The minimum absolute atomic E-state index is 0.159. The van der Waals surface area contributed by atoms with Gasteiger partial charge in [0.25, 0.3) is 0 Å². The van der Waals surface area contributed by atoms with E-state index < -0.39 is 5.79 Å². The summed E-state index contributed by atoms with van der Waals surface area (Å²) in [5.74, 6) is -0.420. The van der Waals surface area contributed by atoms with Gasteiger partial charge in [-0.1, -0.05) is 30.3 Å². The highest BCUT2D eigenvalue weighted by molar-refractivity contribution is 5.13. The van der Waals surface area contributed by atoms with Gasteiger partial charge < -0.3 is 19.9 Å². The Balaban J connectivity index is 1.59. The average molecular weight is 264 g/mol. The van der Waals surface area contributed by atoms with Gasteiger partial charge in [0.2, 0.25) is 0 Å². The van der Waals surface area contributed by atoms with Crippen LogP contribution >= 0.6 is 0 Å². The first kappa shape index (κ1) is 13.1. The molecule has 19 heavy (non-hydrogen) atoms. The number of aliphatic hydroxyl groups is 1. The SMILES string of the molecule is O[C@@H]1CCC2(C[C@H]1[NH2+]Cc1ccccc1)OCCO2. The zero-order valence-electron chi connectivity index (χ0n) is 11.1. The Hall–Kier alpha value is -0.940. The van der Waals surface area contributed by atoms with Gasteiger partial charge in [-0.15, -0.1) is 0 Å². The van der Waals surface area contributed by atoms with Crippen molar-refractivity contribution in [2.75, 3.05) is 13.2 Å². The highest BCUT2D eigenvalue weighted by Gasteiger charge is 2.46. The molecule has 1 aliphatic heterocycles. The molecule has 3 N–H and O–H groups in total. The van der Waals surface area contributed by atoms with Crippen LogP contribution in [0.1, 0.15) is 24.8 Å². The third kappa shape index (κ3) is 2.98. The quantitative estimate of drug-likeness (QED) is 0.831. The van der Waals surface area contributed by atoms with Crippen molar-refractivity contribution >= 4 is 0 Å². The molecular formula is C15H22NO3+. The highest BCUT2D eigenvalue weighted by Crippen LogP contribution is 2.34. The molecule has 3 rings (SSSR count). The van der Waals surface area contributed by atoms with Gasteiger partial charge in [0.1, 0.15) is 18.7 Å². The summed E-state index contributed by atoms with van der Waals surface area (Å²) in [6.45, 7) is 2.25. The molecule has 2 atom stereocenters. The summed E-state index contributed by atoms with van der Waals surface area (Å²) in [6.07, 6.45) is 2.09. The second-order valence-corrected chi connectivity index (χ2v) is 5.51. The molecule has 0 radical (unpaired) electrons. The lowest BCUT2D eigenvalue weighted by atomic mass is 9.87. The second-order valence-electron chi connectivity index (χ2n) is 5.51. The lowest BCUT2D eigenvalue weighted by Gasteiger charge is -2.37. The van der Waals surface area contributed by atoms with Crippen molar-refractivity contribution in [3.8, 4) is 0 Å². The van der Waals surface area contributed by atoms with E-state index in [0.717, 1.165) is 25.8 Å². The van der Waals surface area contributed by atoms with Crippen molar-refractivity contribution in [3.63, 3.8) is 0 Å². The van der Waals surface area contributed by atoms with Gasteiger partial charge in [0, 0.05) is 12.0 Å². The van der Waals surface area contributed by atoms with Crippen LogP contribution in [-0.2, 0) is 16.0 Å². The Bertz CT molecular complexity index is 403. The summed E-state index contributed by atoms with van der Waals surface area (Å²) in [7, 11) is 0. The summed E-state index contributed by atoms with van der Waals surface area (Å²) in [5, 5.41) is 12.4. The molecule has 0 amide bonds. The number of hydrogen-bond donors (Lipinski definition) is 2. The fourth-order valence-electron chi connectivity index (χ4n) is 3.08. The number of aliphatic hydroxyl groups excluding tert-OH is 1. The molecule has 1 spiro atoms. The lowest BCUT2D eigenvalue weighted by Crippen LogP contribution is -2.92. The van der Waals surface area contributed by atoms with Crippen LogP contribution in [0.2, 0.25) is 0 Å². The topological polar surface area (TPSA) is 55.3 Å². The molecule has 0 unspecified atom stereocenters. The first-order valence-electron chi connectivity index (χ1n) is 7.11. The summed E-state index contributed by atoms with van der Waals surface area (Å²) in [4.78, 5) is 0. The third-order valence-corrected chi connectivity index (χ3v) is 4.17. The van der Waals surface area contributed by atoms with Crippen molar-refractivity contribution in [2.24, 2.45) is 0 Å². The van der Waals surface area contributed by atoms with Crippen molar-refractivity contribution in [3.05, 3.63) is 35.9 Å². The smallest absolute Gasteiger partial charge is 0.174 e. The predicted octanol–water partition coefficient (Wildman–Crippen LogP) is 0.407. The van der Waals surface area contributed by atoms with Gasteiger partial charge in [-0.3, -0.25) is 0 Å². The van der Waals surface area contributed by atoms with Crippen molar-refractivity contribution in [1.29, 1.82) is 0 Å². The third-order valence-electron chi connectivity index (χ3n) is 4.17. The molecule has 1 aliphatic carbocycles. The molecule has 0 bridgehead atoms. The standard InChI is InChI=1S/C15H21NO3/c17-14-6-7-15(18-8-9-19-15)10-13(14)16-11-12-4-2-1-3-5-12/h1-5,13-14,16-17H,6-11H2/p+1/t13-,14-/m1/s1. The Morgan fingerprint density at radius 2 is 1.95 bits per heavy atom. The van der Waals surface area contributed by atoms with E-state index in [1.54, 1.807) is 0 Å². The first-order valence-corrected chi connectivity index (χ1v) is 7.11. The Morgan fingerprint density at radius 3 is 2.68 bits per heavy atom. The summed E-state index contributed by atoms with van der Waals surface area (Å²) < 4.78 is 11.5. The average Bonchev–Trinajstić information content (AvgIpc) is 2.90. The molecule has 2 aliphatic rings. The monoisotopic (exact) mass is 264 g/mol. The molecule has 0 aromatic heterocycles. The highest BCUT2D eigenvalue weighted by atomic mass is 16.7. The zero-order valence-corrected chi connectivity index (χ0v) is 11.1. The van der Waals surface area contributed by atoms with Crippen molar-refractivity contribution in [1.82, 2.24) is 0 Å². The van der Waals surface area contributed by atoms with Crippen LogP contribution in [0.4, 0.5) is 0 Å². The molecule has 104 valence electrons. The van der Waals surface area contributed by atoms with Crippen LogP contribution in [0.3, 0.4) is 0 Å². The second kappa shape index (κ2) is 5.59. The maximum absolute atomic E-state index is 10.1. The Kier molecular flexibility index (Phi) is 3.84. The number of quaternary nitrogens is 1. The minimum Gasteiger partial charge on any atom is -0.387 e. The zero-order chi connectivity index (χ0) is 13.1. The van der Waals surface area contributed by atoms with E-state index >= 15 is 0 Å². The molecule has 2 fully saturated rings.